The van der Waals surface area contributed by atoms with Crippen molar-refractivity contribution in [3.8, 4) is 6.07 Å². The summed E-state index contributed by atoms with van der Waals surface area (Å²) >= 11 is 0. The first kappa shape index (κ1) is 22.3. The number of anilines is 1. The highest BCUT2D eigenvalue weighted by Gasteiger charge is 2.45. The van der Waals surface area contributed by atoms with Crippen LogP contribution in [0.15, 0.2) is 42.5 Å². The largest absolute Gasteiger partial charge is 0.396 e. The zero-order chi connectivity index (χ0) is 22.2. The summed E-state index contributed by atoms with van der Waals surface area (Å²) in [7, 11) is -3.86. The number of nitrogens with two attached hydrogens (primary N) is 2. The SMILES string of the molecule is CC(C)(CC(CCC1CC1)(c1ccc(C#N)cc1)c1ccc(F)c(N)c1)S(N)(=O)=O. The maximum atomic E-state index is 14.0. The lowest BCUT2D eigenvalue weighted by atomic mass is 9.66. The van der Waals surface area contributed by atoms with Crippen LogP contribution in [-0.2, 0) is 15.4 Å². The molecule has 3 rings (SSSR count). The van der Waals surface area contributed by atoms with Gasteiger partial charge in [-0.3, -0.25) is 0 Å². The average Bonchev–Trinajstić information content (AvgIpc) is 3.51. The summed E-state index contributed by atoms with van der Waals surface area (Å²) in [6.45, 7) is 3.23. The number of hydrogen-bond acceptors (Lipinski definition) is 4. The molecule has 1 aliphatic rings. The van der Waals surface area contributed by atoms with E-state index in [2.05, 4.69) is 6.07 Å². The Labute approximate surface area is 177 Å². The van der Waals surface area contributed by atoms with Crippen LogP contribution in [0.25, 0.3) is 0 Å². The van der Waals surface area contributed by atoms with E-state index >= 15 is 0 Å². The van der Waals surface area contributed by atoms with Crippen molar-refractivity contribution in [3.63, 3.8) is 0 Å². The molecular formula is C23H28FN3O2S. The Morgan fingerprint density at radius 3 is 2.23 bits per heavy atom. The number of rotatable bonds is 8. The monoisotopic (exact) mass is 429 g/mol. The van der Waals surface area contributed by atoms with E-state index < -0.39 is 26.0 Å². The lowest BCUT2D eigenvalue weighted by molar-refractivity contribution is 0.364. The summed E-state index contributed by atoms with van der Waals surface area (Å²) in [6, 6.07) is 13.8. The first-order valence-corrected chi connectivity index (χ1v) is 11.6. The van der Waals surface area contributed by atoms with E-state index in [-0.39, 0.29) is 12.1 Å². The number of primary sulfonamides is 1. The second kappa shape index (κ2) is 8.01. The Balaban J connectivity index is 2.22. The molecule has 160 valence electrons. The minimum absolute atomic E-state index is 0.0188. The van der Waals surface area contributed by atoms with Crippen LogP contribution in [0, 0.1) is 23.1 Å². The molecule has 4 N–H and O–H groups in total. The molecule has 1 unspecified atom stereocenters. The van der Waals surface area contributed by atoms with Crippen LogP contribution in [0.1, 0.15) is 62.6 Å². The third-order valence-electron chi connectivity index (χ3n) is 6.29. The molecule has 5 nitrogen and oxygen atoms in total. The molecule has 0 aliphatic heterocycles. The van der Waals surface area contributed by atoms with Crippen molar-refractivity contribution in [3.05, 3.63) is 65.0 Å². The number of nitrogen functional groups attached to an aromatic ring is 1. The van der Waals surface area contributed by atoms with Crippen LogP contribution in [-0.4, -0.2) is 13.2 Å². The molecule has 0 aromatic heterocycles. The Kier molecular flexibility index (Phi) is 5.94. The molecular weight excluding hydrogens is 401 g/mol. The number of halogens is 1. The summed E-state index contributed by atoms with van der Waals surface area (Å²) in [5.41, 5.74) is 7.31. The topological polar surface area (TPSA) is 110 Å². The predicted molar refractivity (Wildman–Crippen MR) is 117 cm³/mol. The molecule has 1 fully saturated rings. The Bertz CT molecular complexity index is 1070. The van der Waals surface area contributed by atoms with Crippen LogP contribution < -0.4 is 10.9 Å². The van der Waals surface area contributed by atoms with Gasteiger partial charge in [0.2, 0.25) is 10.0 Å². The van der Waals surface area contributed by atoms with Crippen LogP contribution in [0.3, 0.4) is 0 Å². The quantitative estimate of drug-likeness (QED) is 0.612. The summed E-state index contributed by atoms with van der Waals surface area (Å²) in [5.74, 6) is 0.0959. The number of hydrogen-bond donors (Lipinski definition) is 2. The Morgan fingerprint density at radius 2 is 1.73 bits per heavy atom. The highest BCUT2D eigenvalue weighted by Crippen LogP contribution is 2.48. The predicted octanol–water partition coefficient (Wildman–Crippen LogP) is 4.21. The molecule has 2 aromatic carbocycles. The number of nitrogens with zero attached hydrogens (tertiary/aromatic N) is 1. The molecule has 7 heteroatoms. The van der Waals surface area contributed by atoms with Crippen LogP contribution in [0.5, 0.6) is 0 Å². The second-order valence-electron chi connectivity index (χ2n) is 8.97. The minimum atomic E-state index is -3.86. The van der Waals surface area contributed by atoms with Gasteiger partial charge < -0.3 is 5.73 Å². The molecule has 0 heterocycles. The maximum absolute atomic E-state index is 14.0. The zero-order valence-corrected chi connectivity index (χ0v) is 18.2. The fraction of sp³-hybridized carbons (Fsp3) is 0.435. The van der Waals surface area contributed by atoms with Crippen molar-refractivity contribution in [1.29, 1.82) is 5.26 Å². The summed E-state index contributed by atoms with van der Waals surface area (Å²) in [6.07, 6.45) is 4.12. The smallest absolute Gasteiger partial charge is 0.214 e. The Morgan fingerprint density at radius 1 is 1.13 bits per heavy atom. The molecule has 0 amide bonds. The Hall–Kier alpha value is -2.43. The third kappa shape index (κ3) is 4.50. The van der Waals surface area contributed by atoms with Crippen molar-refractivity contribution in [2.75, 3.05) is 5.73 Å². The van der Waals surface area contributed by atoms with E-state index in [0.29, 0.717) is 17.9 Å². The molecule has 1 aliphatic carbocycles. The fourth-order valence-corrected chi connectivity index (χ4v) is 4.59. The minimum Gasteiger partial charge on any atom is -0.396 e. The van der Waals surface area contributed by atoms with Crippen molar-refractivity contribution in [2.45, 2.75) is 56.1 Å². The highest BCUT2D eigenvalue weighted by atomic mass is 32.2. The zero-order valence-electron chi connectivity index (χ0n) is 17.4. The number of sulfonamides is 1. The van der Waals surface area contributed by atoms with Crippen molar-refractivity contribution in [1.82, 2.24) is 0 Å². The number of nitriles is 1. The molecule has 1 saturated carbocycles. The fourth-order valence-electron chi connectivity index (χ4n) is 4.14. The maximum Gasteiger partial charge on any atom is 0.214 e. The van der Waals surface area contributed by atoms with Gasteiger partial charge >= 0.3 is 0 Å². The molecule has 1 atom stereocenters. The molecule has 30 heavy (non-hydrogen) atoms. The first-order chi connectivity index (χ1) is 14.0. The molecule has 0 saturated heterocycles. The molecule has 0 radical (unpaired) electrons. The van der Waals surface area contributed by atoms with Crippen molar-refractivity contribution in [2.24, 2.45) is 11.1 Å². The molecule has 2 aromatic rings. The van der Waals surface area contributed by atoms with Gasteiger partial charge in [-0.05, 0) is 74.4 Å². The summed E-state index contributed by atoms with van der Waals surface area (Å²) < 4.78 is 37.6. The van der Waals surface area contributed by atoms with Crippen LogP contribution in [0.2, 0.25) is 0 Å². The van der Waals surface area contributed by atoms with E-state index in [0.717, 1.165) is 30.4 Å². The number of benzene rings is 2. The van der Waals surface area contributed by atoms with Crippen LogP contribution >= 0.6 is 0 Å². The van der Waals surface area contributed by atoms with Gasteiger partial charge in [-0.1, -0.05) is 31.0 Å². The molecule has 0 spiro atoms. The third-order valence-corrected chi connectivity index (χ3v) is 7.97. The van der Waals surface area contributed by atoms with Gasteiger partial charge in [0.15, 0.2) is 0 Å². The second-order valence-corrected chi connectivity index (χ2v) is 11.2. The lowest BCUT2D eigenvalue weighted by Crippen LogP contribution is -2.45. The van der Waals surface area contributed by atoms with Gasteiger partial charge in [0.1, 0.15) is 5.82 Å². The van der Waals surface area contributed by atoms with E-state index in [9.17, 15) is 18.1 Å². The normalized spacial score (nSPS) is 16.6. The van der Waals surface area contributed by atoms with E-state index in [4.69, 9.17) is 10.9 Å². The summed E-state index contributed by atoms with van der Waals surface area (Å²) in [4.78, 5) is 0. The highest BCUT2D eigenvalue weighted by molar-refractivity contribution is 7.90. The standard InChI is InChI=1S/C23H28FN3O2S/c1-22(2,30(27,28)29)15-23(12-11-16-3-4-16,18-7-5-17(14-25)6-8-18)19-9-10-20(24)21(26)13-19/h5-10,13,16H,3-4,11-12,15,26H2,1-2H3,(H2,27,28,29). The van der Waals surface area contributed by atoms with Gasteiger partial charge in [0, 0.05) is 5.41 Å². The van der Waals surface area contributed by atoms with Gasteiger partial charge in [-0.15, -0.1) is 0 Å². The van der Waals surface area contributed by atoms with E-state index in [1.54, 1.807) is 38.1 Å². The van der Waals surface area contributed by atoms with Gasteiger partial charge in [0.25, 0.3) is 0 Å². The summed E-state index contributed by atoms with van der Waals surface area (Å²) in [5, 5.41) is 14.8. The van der Waals surface area contributed by atoms with Crippen molar-refractivity contribution >= 4 is 15.7 Å². The van der Waals surface area contributed by atoms with Gasteiger partial charge in [-0.25, -0.2) is 17.9 Å². The van der Waals surface area contributed by atoms with E-state index in [1.165, 1.54) is 6.07 Å². The van der Waals surface area contributed by atoms with Gasteiger partial charge in [0.05, 0.1) is 22.1 Å². The first-order valence-electron chi connectivity index (χ1n) is 10.1. The lowest BCUT2D eigenvalue weighted by Gasteiger charge is -2.41. The van der Waals surface area contributed by atoms with Crippen LogP contribution in [0.4, 0.5) is 10.1 Å². The molecule has 0 bridgehead atoms. The van der Waals surface area contributed by atoms with E-state index in [1.807, 2.05) is 12.1 Å². The average molecular weight is 430 g/mol. The van der Waals surface area contributed by atoms with Crippen molar-refractivity contribution < 1.29 is 12.8 Å². The van der Waals surface area contributed by atoms with Gasteiger partial charge in [-0.2, -0.15) is 5.26 Å².